The second-order valence-corrected chi connectivity index (χ2v) is 3.56. The molecule has 0 radical (unpaired) electrons. The van der Waals surface area contributed by atoms with Crippen LogP contribution in [0.4, 0.5) is 0 Å². The second kappa shape index (κ2) is 4.02. The summed E-state index contributed by atoms with van der Waals surface area (Å²) in [6.07, 6.45) is -1.86. The van der Waals surface area contributed by atoms with Crippen molar-refractivity contribution in [3.8, 4) is 0 Å². The maximum Gasteiger partial charge on any atom is 0.328 e. The molecule has 0 fully saturated rings. The van der Waals surface area contributed by atoms with Crippen LogP contribution in [0.25, 0.3) is 0 Å². The van der Waals surface area contributed by atoms with Gasteiger partial charge in [-0.2, -0.15) is 0 Å². The van der Waals surface area contributed by atoms with Gasteiger partial charge in [-0.05, 0) is 0 Å². The van der Waals surface area contributed by atoms with E-state index < -0.39 is 19.9 Å². The zero-order valence-electron chi connectivity index (χ0n) is 5.14. The molecule has 0 saturated carbocycles. The summed E-state index contributed by atoms with van der Waals surface area (Å²) in [7, 11) is -4.15. The van der Waals surface area contributed by atoms with Crippen molar-refractivity contribution in [2.45, 2.75) is 6.10 Å². The lowest BCUT2D eigenvalue weighted by atomic mass is 10.4. The summed E-state index contributed by atoms with van der Waals surface area (Å²) in [4.78, 5) is 16.5. The molecule has 1 unspecified atom stereocenters. The Morgan fingerprint density at radius 3 is 2.30 bits per heavy atom. The first-order valence-corrected chi connectivity index (χ1v) is 4.35. The quantitative estimate of drug-likeness (QED) is 0.260. The van der Waals surface area contributed by atoms with Crippen LogP contribution in [0.1, 0.15) is 0 Å². The van der Waals surface area contributed by atoms with Crippen LogP contribution in [-0.4, -0.2) is 38.9 Å². The number of nitrogens with one attached hydrogen (secondary N) is 1. The highest BCUT2D eigenvalue weighted by Crippen LogP contribution is 2.34. The van der Waals surface area contributed by atoms with Gasteiger partial charge in [0.15, 0.2) is 0 Å². The first-order valence-electron chi connectivity index (χ1n) is 2.55. The van der Waals surface area contributed by atoms with Gasteiger partial charge in [-0.25, -0.2) is 5.48 Å². The third-order valence-corrected chi connectivity index (χ3v) is 1.67. The number of hydrogen-bond acceptors (Lipinski definition) is 4. The van der Waals surface area contributed by atoms with E-state index in [0.717, 1.165) is 0 Å². The third-order valence-electron chi connectivity index (χ3n) is 0.775. The van der Waals surface area contributed by atoms with Crippen molar-refractivity contribution in [3.63, 3.8) is 0 Å². The Hall–Kier alpha value is 0.0300. The molecule has 1 atom stereocenters. The molecular formula is C3H10NO5P. The minimum absolute atomic E-state index is 0.245. The maximum absolute atomic E-state index is 10.1. The largest absolute Gasteiger partial charge is 0.391 e. The van der Waals surface area contributed by atoms with Gasteiger partial charge in [0, 0.05) is 6.54 Å². The smallest absolute Gasteiger partial charge is 0.328 e. The van der Waals surface area contributed by atoms with E-state index >= 15 is 0 Å². The molecule has 10 heavy (non-hydrogen) atoms. The molecule has 0 aromatic heterocycles. The van der Waals surface area contributed by atoms with E-state index in [4.69, 9.17) is 20.1 Å². The summed E-state index contributed by atoms with van der Waals surface area (Å²) < 4.78 is 10.1. The molecule has 0 amide bonds. The summed E-state index contributed by atoms with van der Waals surface area (Å²) in [6.45, 7) is -0.245. The average molecular weight is 171 g/mol. The molecule has 0 aliphatic carbocycles. The van der Waals surface area contributed by atoms with E-state index in [0.29, 0.717) is 0 Å². The Morgan fingerprint density at radius 2 is 2.00 bits per heavy atom. The van der Waals surface area contributed by atoms with Crippen molar-refractivity contribution in [1.29, 1.82) is 0 Å². The normalized spacial score (nSPS) is 15.2. The van der Waals surface area contributed by atoms with E-state index in [1.807, 2.05) is 0 Å². The number of rotatable bonds is 4. The summed E-state index contributed by atoms with van der Waals surface area (Å²) >= 11 is 0. The molecule has 0 rings (SSSR count). The Morgan fingerprint density at radius 1 is 1.50 bits per heavy atom. The van der Waals surface area contributed by atoms with Gasteiger partial charge in [-0.1, -0.05) is 0 Å². The van der Waals surface area contributed by atoms with Crippen LogP contribution in [0.3, 0.4) is 0 Å². The lowest BCUT2D eigenvalue weighted by Crippen LogP contribution is -2.26. The molecule has 0 saturated heterocycles. The molecule has 5 N–H and O–H groups in total. The predicted molar refractivity (Wildman–Crippen MR) is 32.7 cm³/mol. The molecule has 6 nitrogen and oxygen atoms in total. The number of aliphatic hydroxyl groups is 1. The van der Waals surface area contributed by atoms with Crippen LogP contribution in [-0.2, 0) is 4.57 Å². The van der Waals surface area contributed by atoms with Gasteiger partial charge < -0.3 is 20.1 Å². The Kier molecular flexibility index (Phi) is 4.04. The molecular weight excluding hydrogens is 161 g/mol. The fraction of sp³-hybridized carbons (Fsp3) is 1.00. The minimum atomic E-state index is -4.15. The molecule has 0 aliphatic rings. The van der Waals surface area contributed by atoms with Crippen molar-refractivity contribution in [3.05, 3.63) is 0 Å². The van der Waals surface area contributed by atoms with Crippen molar-refractivity contribution in [2.75, 3.05) is 12.7 Å². The van der Waals surface area contributed by atoms with Gasteiger partial charge >= 0.3 is 7.60 Å². The van der Waals surface area contributed by atoms with E-state index in [2.05, 4.69) is 0 Å². The molecule has 0 heterocycles. The van der Waals surface area contributed by atoms with Gasteiger partial charge in [0.2, 0.25) is 0 Å². The van der Waals surface area contributed by atoms with Gasteiger partial charge in [0.1, 0.15) is 0 Å². The first kappa shape index (κ1) is 10.0. The standard InChI is InChI=1S/C3H10NO5P/c5-3(1-4-6)2-10(7,8)9/h3-6H,1-2H2,(H2,7,8,9). The summed E-state index contributed by atoms with van der Waals surface area (Å²) in [5.41, 5.74) is 1.60. The SMILES string of the molecule is O=P(O)(O)CC(O)CNO. The molecule has 7 heteroatoms. The molecule has 0 aromatic rings. The second-order valence-electron chi connectivity index (χ2n) is 1.86. The number of hydroxylamine groups is 1. The number of aliphatic hydroxyl groups excluding tert-OH is 1. The highest BCUT2D eigenvalue weighted by molar-refractivity contribution is 7.51. The Bertz CT molecular complexity index is 133. The van der Waals surface area contributed by atoms with Crippen LogP contribution < -0.4 is 5.48 Å². The summed E-state index contributed by atoms with van der Waals surface area (Å²) in [5, 5.41) is 16.6. The lowest BCUT2D eigenvalue weighted by molar-refractivity contribution is 0.100. The van der Waals surface area contributed by atoms with E-state index in [1.165, 1.54) is 0 Å². The Labute approximate surface area is 57.6 Å². The average Bonchev–Trinajstić information content (AvgIpc) is 1.59. The zero-order valence-corrected chi connectivity index (χ0v) is 6.03. The van der Waals surface area contributed by atoms with Crippen molar-refractivity contribution in [2.24, 2.45) is 0 Å². The molecule has 0 aromatic carbocycles. The van der Waals surface area contributed by atoms with Crippen LogP contribution in [0, 0.1) is 0 Å². The third kappa shape index (κ3) is 6.15. The fourth-order valence-electron chi connectivity index (χ4n) is 0.444. The molecule has 0 bridgehead atoms. The van der Waals surface area contributed by atoms with Gasteiger partial charge in [0.25, 0.3) is 0 Å². The fourth-order valence-corrected chi connectivity index (χ4v) is 1.12. The van der Waals surface area contributed by atoms with Gasteiger partial charge in [-0.15, -0.1) is 0 Å². The van der Waals surface area contributed by atoms with E-state index in [1.54, 1.807) is 5.48 Å². The topological polar surface area (TPSA) is 110 Å². The van der Waals surface area contributed by atoms with Crippen molar-refractivity contribution < 1.29 is 24.7 Å². The van der Waals surface area contributed by atoms with Crippen LogP contribution >= 0.6 is 7.60 Å². The highest BCUT2D eigenvalue weighted by atomic mass is 31.2. The van der Waals surface area contributed by atoms with Crippen molar-refractivity contribution >= 4 is 7.60 Å². The van der Waals surface area contributed by atoms with Crippen LogP contribution in [0.5, 0.6) is 0 Å². The number of hydrogen-bond donors (Lipinski definition) is 5. The van der Waals surface area contributed by atoms with Crippen molar-refractivity contribution in [1.82, 2.24) is 5.48 Å². The zero-order chi connectivity index (χ0) is 8.20. The van der Waals surface area contributed by atoms with E-state index in [-0.39, 0.29) is 6.54 Å². The van der Waals surface area contributed by atoms with Gasteiger partial charge in [-0.3, -0.25) is 4.57 Å². The molecule has 0 aliphatic heterocycles. The first-order chi connectivity index (χ1) is 4.45. The molecule has 62 valence electrons. The van der Waals surface area contributed by atoms with Crippen LogP contribution in [0.2, 0.25) is 0 Å². The summed E-state index contributed by atoms with van der Waals surface area (Å²) in [6, 6.07) is 0. The monoisotopic (exact) mass is 171 g/mol. The minimum Gasteiger partial charge on any atom is -0.391 e. The Balaban J connectivity index is 3.58. The summed E-state index contributed by atoms with van der Waals surface area (Å²) in [5.74, 6) is 0. The van der Waals surface area contributed by atoms with Gasteiger partial charge in [0.05, 0.1) is 12.3 Å². The lowest BCUT2D eigenvalue weighted by Gasteiger charge is -2.09. The molecule has 0 spiro atoms. The predicted octanol–water partition coefficient (Wildman–Crippen LogP) is -1.50. The van der Waals surface area contributed by atoms with E-state index in [9.17, 15) is 4.57 Å². The van der Waals surface area contributed by atoms with Crippen LogP contribution in [0.15, 0.2) is 0 Å². The highest BCUT2D eigenvalue weighted by Gasteiger charge is 2.18. The maximum atomic E-state index is 10.1.